The van der Waals surface area contributed by atoms with E-state index in [-0.39, 0.29) is 61.1 Å². The van der Waals surface area contributed by atoms with Crippen molar-refractivity contribution in [2.75, 3.05) is 31.7 Å². The average Bonchev–Trinajstić information content (AvgIpc) is 3.28. The van der Waals surface area contributed by atoms with Gasteiger partial charge in [0.15, 0.2) is 12.4 Å². The van der Waals surface area contributed by atoms with Crippen LogP contribution in [0.5, 0.6) is 0 Å². The van der Waals surface area contributed by atoms with E-state index in [0.717, 1.165) is 6.07 Å². The second-order valence-corrected chi connectivity index (χ2v) is 10.4. The van der Waals surface area contributed by atoms with Crippen molar-refractivity contribution >= 4 is 11.7 Å². The molecule has 1 amide bonds. The van der Waals surface area contributed by atoms with Crippen LogP contribution >= 0.6 is 0 Å². The maximum Gasteiger partial charge on any atom is 0.266 e. The highest BCUT2D eigenvalue weighted by Gasteiger charge is 2.53. The molecule has 3 fully saturated rings. The van der Waals surface area contributed by atoms with Crippen LogP contribution in [-0.4, -0.2) is 60.4 Å². The fourth-order valence-corrected chi connectivity index (χ4v) is 4.93. The first-order valence-corrected chi connectivity index (χ1v) is 13.4. The molecule has 2 aliphatic heterocycles. The van der Waals surface area contributed by atoms with Crippen LogP contribution in [0.2, 0.25) is 0 Å². The van der Waals surface area contributed by atoms with Crippen molar-refractivity contribution in [1.29, 1.82) is 0 Å². The molecular formula is C27H31F5N4O5. The topological polar surface area (TPSA) is 104 Å². The highest BCUT2D eigenvalue weighted by molar-refractivity contribution is 5.84. The summed E-state index contributed by atoms with van der Waals surface area (Å²) in [5, 5.41) is 5.48. The standard InChI is InChI=1S/C27H31F5N4O5/c1-13(16-4-3-5-17(19(16)28)22(29)30)33-23-18(25-39-10-11-40-25)20(34-14(2)35-23)21(41-15-6-9-38-12-15)24(37)36-27(7-8-27)26(31)32/h3-5,13,15,21-22,25-26H,6-12H2,1-2H3,(H,36,37)(H,33,34,35)/t13-,15-,21?/m1/s1. The normalized spacial score (nSPS) is 21.8. The van der Waals surface area contributed by atoms with E-state index in [1.54, 1.807) is 13.8 Å². The van der Waals surface area contributed by atoms with Crippen molar-refractivity contribution in [1.82, 2.24) is 15.3 Å². The summed E-state index contributed by atoms with van der Waals surface area (Å²) in [7, 11) is 0. The van der Waals surface area contributed by atoms with Crippen molar-refractivity contribution in [2.45, 2.75) is 76.0 Å². The van der Waals surface area contributed by atoms with Gasteiger partial charge in [0.1, 0.15) is 23.0 Å². The Morgan fingerprint density at radius 3 is 2.41 bits per heavy atom. The fraction of sp³-hybridized carbons (Fsp3) is 0.593. The van der Waals surface area contributed by atoms with Gasteiger partial charge in [-0.15, -0.1) is 0 Å². The Bertz CT molecular complexity index is 1250. The van der Waals surface area contributed by atoms with Crippen LogP contribution in [0.3, 0.4) is 0 Å². The van der Waals surface area contributed by atoms with Crippen LogP contribution in [0.25, 0.3) is 0 Å². The number of hydrogen-bond donors (Lipinski definition) is 2. The van der Waals surface area contributed by atoms with Gasteiger partial charge in [0, 0.05) is 12.2 Å². The molecule has 3 atom stereocenters. The molecule has 9 nitrogen and oxygen atoms in total. The molecule has 224 valence electrons. The molecule has 1 saturated carbocycles. The Labute approximate surface area is 233 Å². The van der Waals surface area contributed by atoms with E-state index in [0.29, 0.717) is 13.0 Å². The van der Waals surface area contributed by atoms with Gasteiger partial charge in [-0.25, -0.2) is 31.9 Å². The number of nitrogens with one attached hydrogen (secondary N) is 2. The van der Waals surface area contributed by atoms with E-state index in [1.807, 2.05) is 0 Å². The number of nitrogens with zero attached hydrogens (tertiary/aromatic N) is 2. The van der Waals surface area contributed by atoms with Gasteiger partial charge in [0.05, 0.1) is 48.8 Å². The number of hydrogen-bond acceptors (Lipinski definition) is 8. The molecule has 2 aromatic rings. The van der Waals surface area contributed by atoms with E-state index in [2.05, 4.69) is 20.6 Å². The first-order valence-electron chi connectivity index (χ1n) is 13.4. The van der Waals surface area contributed by atoms with Gasteiger partial charge in [-0.2, -0.15) is 0 Å². The smallest absolute Gasteiger partial charge is 0.266 e. The second kappa shape index (κ2) is 12.1. The maximum atomic E-state index is 15.0. The predicted octanol–water partition coefficient (Wildman–Crippen LogP) is 4.84. The number of anilines is 1. The number of aromatic nitrogens is 2. The number of carbonyl (C=O) groups is 1. The number of carbonyl (C=O) groups excluding carboxylic acids is 1. The average molecular weight is 587 g/mol. The third-order valence-electron chi connectivity index (χ3n) is 7.34. The minimum absolute atomic E-state index is 0.0235. The summed E-state index contributed by atoms with van der Waals surface area (Å²) in [6.45, 7) is 4.12. The number of ether oxygens (including phenoxy) is 4. The summed E-state index contributed by atoms with van der Waals surface area (Å²) in [4.78, 5) is 22.5. The molecular weight excluding hydrogens is 555 g/mol. The molecule has 2 N–H and O–H groups in total. The summed E-state index contributed by atoms with van der Waals surface area (Å²) in [6, 6.07) is 2.83. The van der Waals surface area contributed by atoms with Crippen molar-refractivity contribution in [3.8, 4) is 0 Å². The molecule has 1 aromatic heterocycles. The van der Waals surface area contributed by atoms with E-state index in [1.165, 1.54) is 12.1 Å². The predicted molar refractivity (Wildman–Crippen MR) is 134 cm³/mol. The molecule has 3 aliphatic rings. The van der Waals surface area contributed by atoms with Crippen LogP contribution in [0.1, 0.15) is 79.3 Å². The summed E-state index contributed by atoms with van der Waals surface area (Å²) < 4.78 is 92.1. The molecule has 1 aliphatic carbocycles. The van der Waals surface area contributed by atoms with Crippen molar-refractivity contribution < 1.29 is 45.7 Å². The Kier molecular flexibility index (Phi) is 8.73. The molecule has 41 heavy (non-hydrogen) atoms. The van der Waals surface area contributed by atoms with E-state index in [4.69, 9.17) is 18.9 Å². The first-order chi connectivity index (χ1) is 19.6. The molecule has 3 heterocycles. The lowest BCUT2D eigenvalue weighted by Gasteiger charge is -2.28. The second-order valence-electron chi connectivity index (χ2n) is 10.4. The number of alkyl halides is 4. The summed E-state index contributed by atoms with van der Waals surface area (Å²) in [5.41, 5.74) is -2.24. The minimum Gasteiger partial charge on any atom is -0.379 e. The lowest BCUT2D eigenvalue weighted by molar-refractivity contribution is -0.140. The van der Waals surface area contributed by atoms with Crippen molar-refractivity contribution in [3.63, 3.8) is 0 Å². The summed E-state index contributed by atoms with van der Waals surface area (Å²) in [6.07, 6.45) is -8.11. The Balaban J connectivity index is 1.55. The van der Waals surface area contributed by atoms with Crippen LogP contribution in [0.15, 0.2) is 18.2 Å². The highest BCUT2D eigenvalue weighted by Crippen LogP contribution is 2.43. The number of amides is 1. The van der Waals surface area contributed by atoms with Gasteiger partial charge in [-0.05, 0) is 33.1 Å². The Morgan fingerprint density at radius 1 is 1.10 bits per heavy atom. The highest BCUT2D eigenvalue weighted by atomic mass is 19.3. The third kappa shape index (κ3) is 6.30. The van der Waals surface area contributed by atoms with Gasteiger partial charge >= 0.3 is 0 Å². The van der Waals surface area contributed by atoms with Crippen LogP contribution < -0.4 is 10.6 Å². The van der Waals surface area contributed by atoms with Gasteiger partial charge in [-0.1, -0.05) is 18.2 Å². The molecule has 1 unspecified atom stereocenters. The zero-order chi connectivity index (χ0) is 29.3. The molecule has 14 heteroatoms. The fourth-order valence-electron chi connectivity index (χ4n) is 4.93. The first kappa shape index (κ1) is 29.5. The quantitative estimate of drug-likeness (QED) is 0.361. The van der Waals surface area contributed by atoms with Crippen LogP contribution in [-0.2, 0) is 23.7 Å². The minimum atomic E-state index is -3.01. The summed E-state index contributed by atoms with van der Waals surface area (Å²) >= 11 is 0. The molecule has 0 spiro atoms. The van der Waals surface area contributed by atoms with Gasteiger partial charge in [0.2, 0.25) is 0 Å². The summed E-state index contributed by atoms with van der Waals surface area (Å²) in [5.74, 6) is -1.61. The van der Waals surface area contributed by atoms with E-state index < -0.39 is 60.2 Å². The van der Waals surface area contributed by atoms with Crippen molar-refractivity contribution in [2.24, 2.45) is 0 Å². The maximum absolute atomic E-state index is 15.0. The number of benzene rings is 1. The molecule has 0 bridgehead atoms. The lowest BCUT2D eigenvalue weighted by atomic mass is 10.0. The van der Waals surface area contributed by atoms with Crippen LogP contribution in [0, 0.1) is 12.7 Å². The molecule has 5 rings (SSSR count). The van der Waals surface area contributed by atoms with Crippen LogP contribution in [0.4, 0.5) is 27.8 Å². The monoisotopic (exact) mass is 586 g/mol. The zero-order valence-corrected chi connectivity index (χ0v) is 22.5. The van der Waals surface area contributed by atoms with E-state index in [9.17, 15) is 26.7 Å². The molecule has 1 aromatic carbocycles. The number of halogens is 5. The van der Waals surface area contributed by atoms with Gasteiger partial charge in [-0.3, -0.25) is 4.79 Å². The molecule has 0 radical (unpaired) electrons. The van der Waals surface area contributed by atoms with Gasteiger partial charge < -0.3 is 29.6 Å². The zero-order valence-electron chi connectivity index (χ0n) is 22.5. The van der Waals surface area contributed by atoms with E-state index >= 15 is 0 Å². The van der Waals surface area contributed by atoms with Crippen molar-refractivity contribution in [3.05, 3.63) is 52.2 Å². The number of aryl methyl sites for hydroxylation is 1. The number of rotatable bonds is 11. The van der Waals surface area contributed by atoms with Gasteiger partial charge in [0.25, 0.3) is 18.8 Å². The Morgan fingerprint density at radius 2 is 1.80 bits per heavy atom. The SMILES string of the molecule is Cc1nc(N[C@H](C)c2cccc(C(F)F)c2F)c(C2OCCO2)c(C(O[C@@H]2CCOC2)C(=O)NC2(C(F)F)CC2)n1. The lowest BCUT2D eigenvalue weighted by Crippen LogP contribution is -2.46. The molecule has 2 saturated heterocycles. The Hall–Kier alpha value is -2.94. The third-order valence-corrected chi connectivity index (χ3v) is 7.34. The largest absolute Gasteiger partial charge is 0.379 e.